The Morgan fingerprint density at radius 1 is 1.39 bits per heavy atom. The predicted octanol–water partition coefficient (Wildman–Crippen LogP) is 2.44. The van der Waals surface area contributed by atoms with Gasteiger partial charge in [0.15, 0.2) is 0 Å². The highest BCUT2D eigenvalue weighted by Gasteiger charge is 2.32. The van der Waals surface area contributed by atoms with E-state index in [1.54, 1.807) is 4.90 Å². The average Bonchev–Trinajstić information content (AvgIpc) is 2.47. The Morgan fingerprint density at radius 3 is 2.74 bits per heavy atom. The van der Waals surface area contributed by atoms with Crippen LogP contribution in [0.2, 0.25) is 0 Å². The van der Waals surface area contributed by atoms with Gasteiger partial charge in [-0.15, -0.1) is 0 Å². The molecule has 2 rings (SSSR count). The van der Waals surface area contributed by atoms with Crippen molar-refractivity contribution in [3.63, 3.8) is 0 Å². The lowest BCUT2D eigenvalue weighted by atomic mass is 10.0. The van der Waals surface area contributed by atoms with Crippen LogP contribution in [0.25, 0.3) is 0 Å². The molecule has 128 valence electrons. The van der Waals surface area contributed by atoms with Crippen molar-refractivity contribution in [2.45, 2.75) is 32.2 Å². The summed E-state index contributed by atoms with van der Waals surface area (Å²) in [6, 6.07) is 7.58. The number of aryl methyl sites for hydroxylation is 1. The number of carbonyl (C=O) groups is 1. The molecule has 7 heteroatoms. The summed E-state index contributed by atoms with van der Waals surface area (Å²) in [5.41, 5.74) is 2.06. The highest BCUT2D eigenvalue weighted by Crippen LogP contribution is 2.27. The summed E-state index contributed by atoms with van der Waals surface area (Å²) >= 11 is 0. The van der Waals surface area contributed by atoms with Gasteiger partial charge < -0.3 is 15.0 Å². The van der Waals surface area contributed by atoms with Crippen molar-refractivity contribution in [1.29, 1.82) is 0 Å². The lowest BCUT2D eigenvalue weighted by Crippen LogP contribution is -2.51. The van der Waals surface area contributed by atoms with Gasteiger partial charge in [-0.3, -0.25) is 4.79 Å². The molecule has 1 aliphatic heterocycles. The zero-order valence-corrected chi connectivity index (χ0v) is 13.2. The second kappa shape index (κ2) is 7.31. The topological polar surface area (TPSA) is 41.6 Å². The number of ether oxygens (including phenoxy) is 1. The van der Waals surface area contributed by atoms with Crippen molar-refractivity contribution in [3.05, 3.63) is 35.4 Å². The molecule has 4 nitrogen and oxygen atoms in total. The predicted molar refractivity (Wildman–Crippen MR) is 80.0 cm³/mol. The molecule has 1 N–H and O–H groups in total. The van der Waals surface area contributed by atoms with E-state index in [1.807, 2.05) is 38.1 Å². The number of hydrogen-bond donors (Lipinski definition) is 1. The number of hydrogen-bond acceptors (Lipinski definition) is 3. The van der Waals surface area contributed by atoms with Gasteiger partial charge >= 0.3 is 6.18 Å². The molecule has 0 unspecified atom stereocenters. The smallest absolute Gasteiger partial charge is 0.370 e. The van der Waals surface area contributed by atoms with Gasteiger partial charge in [-0.2, -0.15) is 13.2 Å². The van der Waals surface area contributed by atoms with E-state index in [2.05, 4.69) is 5.32 Å². The maximum absolute atomic E-state index is 12.2. The zero-order valence-electron chi connectivity index (χ0n) is 13.2. The molecule has 1 aliphatic rings. The van der Waals surface area contributed by atoms with Gasteiger partial charge in [0.05, 0.1) is 32.3 Å². The van der Waals surface area contributed by atoms with Gasteiger partial charge in [0.2, 0.25) is 5.91 Å². The first-order chi connectivity index (χ1) is 10.8. The summed E-state index contributed by atoms with van der Waals surface area (Å²) in [4.78, 5) is 13.8. The van der Waals surface area contributed by atoms with Crippen molar-refractivity contribution >= 4 is 5.91 Å². The zero-order chi connectivity index (χ0) is 17.0. The Labute approximate surface area is 133 Å². The maximum atomic E-state index is 12.2. The van der Waals surface area contributed by atoms with Gasteiger partial charge in [0.1, 0.15) is 6.10 Å². The molecule has 0 bridgehead atoms. The molecular formula is C16H21F3N2O2. The first kappa shape index (κ1) is 17.7. The quantitative estimate of drug-likeness (QED) is 0.922. The molecule has 0 spiro atoms. The second-order valence-electron chi connectivity index (χ2n) is 5.79. The highest BCUT2D eigenvalue weighted by atomic mass is 19.4. The number of amides is 1. The van der Waals surface area contributed by atoms with Crippen LogP contribution in [-0.4, -0.2) is 49.3 Å². The minimum atomic E-state index is -4.32. The van der Waals surface area contributed by atoms with Crippen molar-refractivity contribution < 1.29 is 22.7 Å². The number of alkyl halides is 3. The maximum Gasteiger partial charge on any atom is 0.401 e. The Bertz CT molecular complexity index is 548. The normalized spacial score (nSPS) is 22.2. The largest absolute Gasteiger partial charge is 0.401 e. The van der Waals surface area contributed by atoms with Gasteiger partial charge in [0.25, 0.3) is 0 Å². The molecule has 0 aliphatic carbocycles. The highest BCUT2D eigenvalue weighted by molar-refractivity contribution is 5.78. The molecule has 0 saturated carbocycles. The van der Waals surface area contributed by atoms with E-state index >= 15 is 0 Å². The van der Waals surface area contributed by atoms with E-state index in [0.717, 1.165) is 11.1 Å². The fourth-order valence-corrected chi connectivity index (χ4v) is 2.65. The fourth-order valence-electron chi connectivity index (χ4n) is 2.65. The molecule has 1 aromatic rings. The van der Waals surface area contributed by atoms with Gasteiger partial charge in [0, 0.05) is 0 Å². The molecule has 1 fully saturated rings. The Morgan fingerprint density at radius 2 is 2.09 bits per heavy atom. The molecule has 1 saturated heterocycles. The second-order valence-corrected chi connectivity index (χ2v) is 5.79. The minimum absolute atomic E-state index is 0.157. The van der Waals surface area contributed by atoms with Crippen molar-refractivity contribution in [1.82, 2.24) is 10.2 Å². The standard InChI is InChI=1S/C16H21F3N2O2/c1-11-5-3-4-6-13(11)14-8-21(12(2)9-23-14)15(22)7-20-10-16(17,18)19/h3-6,12,14,20H,7-10H2,1-2H3/t12-,14-/m1/s1. The van der Waals surface area contributed by atoms with E-state index < -0.39 is 12.7 Å². The first-order valence-corrected chi connectivity index (χ1v) is 7.52. The Hall–Kier alpha value is -1.60. The van der Waals surface area contributed by atoms with Crippen LogP contribution < -0.4 is 5.32 Å². The Kier molecular flexibility index (Phi) is 5.64. The monoisotopic (exact) mass is 330 g/mol. The summed E-state index contributed by atoms with van der Waals surface area (Å²) in [6.45, 7) is 3.01. The third kappa shape index (κ3) is 4.94. The van der Waals surface area contributed by atoms with Crippen LogP contribution in [0.15, 0.2) is 24.3 Å². The lowest BCUT2D eigenvalue weighted by Gasteiger charge is -2.38. The van der Waals surface area contributed by atoms with Crippen LogP contribution in [0.4, 0.5) is 13.2 Å². The molecule has 0 aromatic heterocycles. The Balaban J connectivity index is 1.98. The number of benzene rings is 1. The number of nitrogens with zero attached hydrogens (tertiary/aromatic N) is 1. The number of nitrogens with one attached hydrogen (secondary N) is 1. The van der Waals surface area contributed by atoms with Crippen LogP contribution >= 0.6 is 0 Å². The van der Waals surface area contributed by atoms with Gasteiger partial charge in [-0.05, 0) is 25.0 Å². The third-order valence-electron chi connectivity index (χ3n) is 3.89. The summed E-state index contributed by atoms with van der Waals surface area (Å²) in [5, 5.41) is 2.15. The number of rotatable bonds is 4. The van der Waals surface area contributed by atoms with Crippen LogP contribution in [0.5, 0.6) is 0 Å². The number of morpholine rings is 1. The van der Waals surface area contributed by atoms with Crippen LogP contribution in [0, 0.1) is 6.92 Å². The molecule has 2 atom stereocenters. The molecule has 0 radical (unpaired) electrons. The van der Waals surface area contributed by atoms with Crippen molar-refractivity contribution in [3.8, 4) is 0 Å². The van der Waals surface area contributed by atoms with Gasteiger partial charge in [-0.1, -0.05) is 24.3 Å². The molecule has 1 heterocycles. The fraction of sp³-hybridized carbons (Fsp3) is 0.562. The van der Waals surface area contributed by atoms with E-state index in [4.69, 9.17) is 4.74 Å². The minimum Gasteiger partial charge on any atom is -0.370 e. The lowest BCUT2D eigenvalue weighted by molar-refractivity contribution is -0.145. The van der Waals surface area contributed by atoms with E-state index in [-0.39, 0.29) is 24.6 Å². The summed E-state index contributed by atoms with van der Waals surface area (Å²) in [5.74, 6) is -0.344. The van der Waals surface area contributed by atoms with Crippen LogP contribution in [0.1, 0.15) is 24.2 Å². The SMILES string of the molecule is Cc1ccccc1[C@H]1CN(C(=O)CNCC(F)(F)F)[C@H](C)CO1. The molecule has 23 heavy (non-hydrogen) atoms. The molecule has 1 amide bonds. The summed E-state index contributed by atoms with van der Waals surface area (Å²) in [6.07, 6.45) is -4.57. The molecule has 1 aromatic carbocycles. The first-order valence-electron chi connectivity index (χ1n) is 7.52. The van der Waals surface area contributed by atoms with E-state index in [0.29, 0.717) is 13.2 Å². The van der Waals surface area contributed by atoms with Crippen LogP contribution in [-0.2, 0) is 9.53 Å². The molecular weight excluding hydrogens is 309 g/mol. The third-order valence-corrected chi connectivity index (χ3v) is 3.89. The van der Waals surface area contributed by atoms with Crippen molar-refractivity contribution in [2.75, 3.05) is 26.2 Å². The van der Waals surface area contributed by atoms with E-state index in [9.17, 15) is 18.0 Å². The van der Waals surface area contributed by atoms with E-state index in [1.165, 1.54) is 0 Å². The average molecular weight is 330 g/mol. The number of carbonyl (C=O) groups excluding carboxylic acids is 1. The summed E-state index contributed by atoms with van der Waals surface area (Å²) < 4.78 is 42.2. The summed E-state index contributed by atoms with van der Waals surface area (Å²) in [7, 11) is 0. The van der Waals surface area contributed by atoms with Crippen molar-refractivity contribution in [2.24, 2.45) is 0 Å². The number of halogens is 3. The van der Waals surface area contributed by atoms with Gasteiger partial charge in [-0.25, -0.2) is 0 Å². The van der Waals surface area contributed by atoms with Crippen LogP contribution in [0.3, 0.4) is 0 Å².